The van der Waals surface area contributed by atoms with E-state index in [-0.39, 0.29) is 17.2 Å². The van der Waals surface area contributed by atoms with Crippen molar-refractivity contribution in [1.82, 2.24) is 14.6 Å². The van der Waals surface area contributed by atoms with Gasteiger partial charge in [-0.1, -0.05) is 35.9 Å². The fraction of sp³-hybridized carbons (Fsp3) is 0.294. The third-order valence-electron chi connectivity index (χ3n) is 3.52. The zero-order valence-electron chi connectivity index (χ0n) is 14.3. The second-order valence-corrected chi connectivity index (χ2v) is 8.09. The Balaban J connectivity index is 1.59. The van der Waals surface area contributed by atoms with Crippen molar-refractivity contribution in [1.29, 1.82) is 0 Å². The number of aryl methyl sites for hydroxylation is 2. The van der Waals surface area contributed by atoms with E-state index >= 15 is 0 Å². The van der Waals surface area contributed by atoms with Crippen LogP contribution in [0.2, 0.25) is 5.02 Å². The molecule has 0 aliphatic carbocycles. The zero-order valence-corrected chi connectivity index (χ0v) is 16.7. The van der Waals surface area contributed by atoms with Gasteiger partial charge in [-0.15, -0.1) is 11.8 Å². The first-order valence-corrected chi connectivity index (χ1v) is 10.3. The van der Waals surface area contributed by atoms with E-state index in [1.165, 1.54) is 33.7 Å². The van der Waals surface area contributed by atoms with Crippen molar-refractivity contribution < 1.29 is 4.79 Å². The summed E-state index contributed by atoms with van der Waals surface area (Å²) in [5.41, 5.74) is 2.08. The molecule has 6 nitrogen and oxygen atoms in total. The molecule has 1 aromatic carbocycles. The molecule has 26 heavy (non-hydrogen) atoms. The molecule has 0 saturated carbocycles. The summed E-state index contributed by atoms with van der Waals surface area (Å²) in [7, 11) is 0. The lowest BCUT2D eigenvalue weighted by Crippen LogP contribution is -2.16. The van der Waals surface area contributed by atoms with Crippen LogP contribution in [-0.2, 0) is 17.0 Å². The Labute approximate surface area is 163 Å². The minimum absolute atomic E-state index is 0.149. The fourth-order valence-electron chi connectivity index (χ4n) is 2.27. The quantitative estimate of drug-likeness (QED) is 0.675. The van der Waals surface area contributed by atoms with Crippen LogP contribution >= 0.6 is 34.7 Å². The third kappa shape index (κ3) is 4.44. The van der Waals surface area contributed by atoms with Gasteiger partial charge in [0.25, 0.3) is 5.56 Å². The van der Waals surface area contributed by atoms with Gasteiger partial charge in [-0.25, -0.2) is 4.98 Å². The number of amides is 1. The topological polar surface area (TPSA) is 76.4 Å². The maximum atomic E-state index is 12.1. The van der Waals surface area contributed by atoms with Gasteiger partial charge >= 0.3 is 0 Å². The first kappa shape index (κ1) is 18.9. The van der Waals surface area contributed by atoms with Gasteiger partial charge in [-0.05, 0) is 31.0 Å². The summed E-state index contributed by atoms with van der Waals surface area (Å²) >= 11 is 8.92. The predicted octanol–water partition coefficient (Wildman–Crippen LogP) is 3.55. The standard InChI is InChI=1S/C17H17ClN4O2S2/c1-3-15-21-22-16(24)7-11(19-17(22)26-15)8-25-9-14(23)20-13-5-4-10(2)6-12(13)18/h4-7H,3,8-9H2,1-2H3,(H,20,23). The smallest absolute Gasteiger partial charge is 0.275 e. The summed E-state index contributed by atoms with van der Waals surface area (Å²) in [5.74, 6) is 0.568. The van der Waals surface area contributed by atoms with Crippen LogP contribution in [0.3, 0.4) is 0 Å². The highest BCUT2D eigenvalue weighted by Gasteiger charge is 2.10. The van der Waals surface area contributed by atoms with Crippen LogP contribution in [-0.4, -0.2) is 26.3 Å². The van der Waals surface area contributed by atoms with Crippen molar-refractivity contribution >= 4 is 51.3 Å². The number of carbonyl (C=O) groups is 1. The molecule has 3 aromatic rings. The monoisotopic (exact) mass is 408 g/mol. The molecule has 2 heterocycles. The van der Waals surface area contributed by atoms with Crippen LogP contribution in [0.25, 0.3) is 4.96 Å². The molecule has 2 aromatic heterocycles. The van der Waals surface area contributed by atoms with Gasteiger partial charge in [0.05, 0.1) is 22.2 Å². The molecule has 0 saturated heterocycles. The van der Waals surface area contributed by atoms with Crippen LogP contribution in [0.15, 0.2) is 29.1 Å². The molecular formula is C17H17ClN4O2S2. The Morgan fingerprint density at radius 1 is 1.38 bits per heavy atom. The van der Waals surface area contributed by atoms with Gasteiger partial charge < -0.3 is 5.32 Å². The SMILES string of the molecule is CCc1nn2c(=O)cc(CSCC(=O)Nc3ccc(C)cc3Cl)nc2s1. The van der Waals surface area contributed by atoms with Crippen molar-refractivity contribution in [3.8, 4) is 0 Å². The number of nitrogens with zero attached hydrogens (tertiary/aromatic N) is 3. The summed E-state index contributed by atoms with van der Waals surface area (Å²) in [5, 5.41) is 8.39. The van der Waals surface area contributed by atoms with Gasteiger partial charge in [-0.3, -0.25) is 9.59 Å². The van der Waals surface area contributed by atoms with E-state index in [0.717, 1.165) is 17.0 Å². The largest absolute Gasteiger partial charge is 0.324 e. The van der Waals surface area contributed by atoms with Gasteiger partial charge in [-0.2, -0.15) is 9.61 Å². The molecule has 0 atom stereocenters. The summed E-state index contributed by atoms with van der Waals surface area (Å²) in [6.45, 7) is 3.92. The number of fused-ring (bicyclic) bond motifs is 1. The van der Waals surface area contributed by atoms with Gasteiger partial charge in [0, 0.05) is 11.8 Å². The molecular weight excluding hydrogens is 392 g/mol. The van der Waals surface area contributed by atoms with Gasteiger partial charge in [0.2, 0.25) is 10.9 Å². The molecule has 3 rings (SSSR count). The highest BCUT2D eigenvalue weighted by molar-refractivity contribution is 7.99. The highest BCUT2D eigenvalue weighted by Crippen LogP contribution is 2.23. The van der Waals surface area contributed by atoms with Gasteiger partial charge in [0.15, 0.2) is 0 Å². The number of nitrogens with one attached hydrogen (secondary N) is 1. The summed E-state index contributed by atoms with van der Waals surface area (Å²) in [6, 6.07) is 6.94. The van der Waals surface area contributed by atoms with E-state index in [9.17, 15) is 9.59 Å². The number of rotatable bonds is 6. The first-order valence-electron chi connectivity index (χ1n) is 7.98. The van der Waals surface area contributed by atoms with Crippen molar-refractivity contribution in [2.45, 2.75) is 26.0 Å². The van der Waals surface area contributed by atoms with E-state index in [2.05, 4.69) is 15.4 Å². The molecule has 1 amide bonds. The Hall–Kier alpha value is -1.90. The molecule has 136 valence electrons. The Bertz CT molecular complexity index is 1020. The summed E-state index contributed by atoms with van der Waals surface area (Å²) in [6.07, 6.45) is 0.763. The fourth-order valence-corrected chi connectivity index (χ4v) is 4.13. The lowest BCUT2D eigenvalue weighted by molar-refractivity contribution is -0.113. The van der Waals surface area contributed by atoms with Crippen molar-refractivity contribution in [2.75, 3.05) is 11.1 Å². The van der Waals surface area contributed by atoms with Crippen molar-refractivity contribution in [2.24, 2.45) is 0 Å². The zero-order chi connectivity index (χ0) is 18.7. The number of anilines is 1. The average molecular weight is 409 g/mol. The maximum Gasteiger partial charge on any atom is 0.275 e. The van der Waals surface area contributed by atoms with Crippen LogP contribution in [0.5, 0.6) is 0 Å². The van der Waals surface area contributed by atoms with Crippen LogP contribution in [0, 0.1) is 6.92 Å². The predicted molar refractivity (Wildman–Crippen MR) is 107 cm³/mol. The maximum absolute atomic E-state index is 12.1. The normalized spacial score (nSPS) is 11.0. The minimum Gasteiger partial charge on any atom is -0.324 e. The molecule has 0 radical (unpaired) electrons. The molecule has 0 aliphatic rings. The van der Waals surface area contributed by atoms with Gasteiger partial charge in [0.1, 0.15) is 5.01 Å². The average Bonchev–Trinajstić information content (AvgIpc) is 3.01. The van der Waals surface area contributed by atoms with Crippen molar-refractivity contribution in [3.05, 3.63) is 55.9 Å². The number of halogens is 1. The molecule has 0 aliphatic heterocycles. The van der Waals surface area contributed by atoms with Crippen LogP contribution in [0.1, 0.15) is 23.2 Å². The summed E-state index contributed by atoms with van der Waals surface area (Å²) in [4.78, 5) is 29.2. The number of hydrogen-bond acceptors (Lipinski definition) is 6. The molecule has 0 bridgehead atoms. The number of hydrogen-bond donors (Lipinski definition) is 1. The van der Waals surface area contributed by atoms with E-state index in [4.69, 9.17) is 11.6 Å². The lowest BCUT2D eigenvalue weighted by atomic mass is 10.2. The number of aromatic nitrogens is 3. The van der Waals surface area contributed by atoms with E-state index in [1.807, 2.05) is 19.9 Å². The molecule has 0 unspecified atom stereocenters. The second-order valence-electron chi connectivity index (χ2n) is 5.65. The molecule has 0 fully saturated rings. The third-order valence-corrected chi connectivity index (χ3v) is 5.86. The Morgan fingerprint density at radius 3 is 2.92 bits per heavy atom. The molecule has 0 spiro atoms. The number of benzene rings is 1. The Morgan fingerprint density at radius 2 is 2.19 bits per heavy atom. The summed E-state index contributed by atoms with van der Waals surface area (Å²) < 4.78 is 1.32. The highest BCUT2D eigenvalue weighted by atomic mass is 35.5. The lowest BCUT2D eigenvalue weighted by Gasteiger charge is -2.07. The van der Waals surface area contributed by atoms with E-state index < -0.39 is 0 Å². The van der Waals surface area contributed by atoms with Crippen LogP contribution < -0.4 is 10.9 Å². The molecule has 1 N–H and O–H groups in total. The molecule has 9 heteroatoms. The van der Waals surface area contributed by atoms with E-state index in [1.54, 1.807) is 12.1 Å². The minimum atomic E-state index is -0.197. The number of carbonyl (C=O) groups excluding carboxylic acids is 1. The first-order chi connectivity index (χ1) is 12.5. The van der Waals surface area contributed by atoms with E-state index in [0.29, 0.717) is 27.1 Å². The second kappa shape index (κ2) is 8.20. The van der Waals surface area contributed by atoms with Crippen molar-refractivity contribution in [3.63, 3.8) is 0 Å². The number of thioether (sulfide) groups is 1. The Kier molecular flexibility index (Phi) is 5.95. The van der Waals surface area contributed by atoms with Crippen LogP contribution in [0.4, 0.5) is 5.69 Å².